The van der Waals surface area contributed by atoms with E-state index < -0.39 is 6.10 Å². The van der Waals surface area contributed by atoms with E-state index in [1.165, 1.54) is 0 Å². The summed E-state index contributed by atoms with van der Waals surface area (Å²) in [7, 11) is 0. The van der Waals surface area contributed by atoms with Crippen molar-refractivity contribution in [3.8, 4) is 11.6 Å². The van der Waals surface area contributed by atoms with Gasteiger partial charge in [-0.3, -0.25) is 0 Å². The van der Waals surface area contributed by atoms with Gasteiger partial charge in [-0.1, -0.05) is 26.0 Å². The molecule has 0 aliphatic carbocycles. The summed E-state index contributed by atoms with van der Waals surface area (Å²) in [5.74, 6) is 0.951. The fourth-order valence-electron chi connectivity index (χ4n) is 2.60. The second kappa shape index (κ2) is 6.96. The first-order chi connectivity index (χ1) is 12.2. The van der Waals surface area contributed by atoms with Crippen LogP contribution in [0, 0.1) is 5.41 Å². The molecule has 0 amide bonds. The minimum absolute atomic E-state index is 0.0579. The van der Waals surface area contributed by atoms with E-state index in [1.54, 1.807) is 25.3 Å². The predicted molar refractivity (Wildman–Crippen MR) is 104 cm³/mol. The molecular weight excluding hydrogens is 396 g/mol. The number of fused-ring (bicyclic) bond motifs is 1. The molecule has 3 aromatic rings. The Balaban J connectivity index is 2.02. The number of nitrogens with zero attached hydrogens (tertiary/aromatic N) is 4. The van der Waals surface area contributed by atoms with Crippen molar-refractivity contribution in [1.82, 2.24) is 20.0 Å². The molecule has 0 aliphatic rings. The average Bonchev–Trinajstić information content (AvgIpc) is 3.00. The summed E-state index contributed by atoms with van der Waals surface area (Å²) >= 11 is 3.58. The minimum Gasteiger partial charge on any atom is -0.437 e. The summed E-state index contributed by atoms with van der Waals surface area (Å²) in [6.07, 6.45) is 0.962. The van der Waals surface area contributed by atoms with Crippen LogP contribution in [0.3, 0.4) is 0 Å². The van der Waals surface area contributed by atoms with Crippen LogP contribution in [0.5, 0.6) is 11.6 Å². The maximum atomic E-state index is 9.91. The van der Waals surface area contributed by atoms with E-state index in [-0.39, 0.29) is 11.5 Å². The van der Waals surface area contributed by atoms with Gasteiger partial charge in [0.1, 0.15) is 11.3 Å². The Morgan fingerprint density at radius 1 is 1.19 bits per heavy atom. The molecule has 0 radical (unpaired) electrons. The molecule has 138 valence electrons. The van der Waals surface area contributed by atoms with Gasteiger partial charge in [0.15, 0.2) is 0 Å². The van der Waals surface area contributed by atoms with Crippen LogP contribution in [0.15, 0.2) is 34.9 Å². The molecule has 6 nitrogen and oxygen atoms in total. The fourth-order valence-corrected chi connectivity index (χ4v) is 3.09. The van der Waals surface area contributed by atoms with Gasteiger partial charge < -0.3 is 9.84 Å². The third-order valence-electron chi connectivity index (χ3n) is 4.62. The lowest BCUT2D eigenvalue weighted by molar-refractivity contribution is 0.194. The number of hydrogen-bond donors (Lipinski definition) is 1. The molecule has 26 heavy (non-hydrogen) atoms. The first-order valence-electron chi connectivity index (χ1n) is 8.54. The Hall–Kier alpha value is -1.99. The highest BCUT2D eigenvalue weighted by molar-refractivity contribution is 9.10. The number of aromatic nitrogens is 4. The van der Waals surface area contributed by atoms with E-state index in [9.17, 15) is 5.11 Å². The third-order valence-corrected chi connectivity index (χ3v) is 5.39. The van der Waals surface area contributed by atoms with Crippen molar-refractivity contribution in [2.45, 2.75) is 46.8 Å². The highest BCUT2D eigenvalue weighted by atomic mass is 79.9. The van der Waals surface area contributed by atoms with E-state index in [1.807, 2.05) is 16.8 Å². The number of rotatable bonds is 4. The van der Waals surface area contributed by atoms with Crippen molar-refractivity contribution in [1.29, 1.82) is 0 Å². The lowest BCUT2D eigenvalue weighted by atomic mass is 9.88. The lowest BCUT2D eigenvalue weighted by Crippen LogP contribution is -2.22. The third kappa shape index (κ3) is 3.46. The summed E-state index contributed by atoms with van der Waals surface area (Å²) in [4.78, 5) is 4.24. The van der Waals surface area contributed by atoms with E-state index in [0.29, 0.717) is 21.7 Å². The molecule has 2 heterocycles. The summed E-state index contributed by atoms with van der Waals surface area (Å²) < 4.78 is 8.60. The normalized spacial score (nSPS) is 14.4. The summed E-state index contributed by atoms with van der Waals surface area (Å²) in [5.41, 5.74) is 2.35. The SMILES string of the molecule is CC(O)c1cccnc1Oc1ccc2c(nnn2[C@H](C)C(C)(C)C)c1Br. The molecule has 2 aromatic heterocycles. The second-order valence-electron chi connectivity index (χ2n) is 7.50. The predicted octanol–water partition coefficient (Wildman–Crippen LogP) is 5.04. The quantitative estimate of drug-likeness (QED) is 0.641. The Bertz CT molecular complexity index is 931. The first kappa shape index (κ1) is 18.8. The monoisotopic (exact) mass is 418 g/mol. The Morgan fingerprint density at radius 3 is 2.58 bits per heavy atom. The number of pyridine rings is 1. The lowest BCUT2D eigenvalue weighted by Gasteiger charge is -2.27. The number of benzene rings is 1. The first-order valence-corrected chi connectivity index (χ1v) is 9.33. The molecule has 0 spiro atoms. The van der Waals surface area contributed by atoms with Gasteiger partial charge in [-0.05, 0) is 59.5 Å². The number of aliphatic hydroxyl groups is 1. The van der Waals surface area contributed by atoms with Crippen LogP contribution in [-0.4, -0.2) is 25.1 Å². The van der Waals surface area contributed by atoms with E-state index in [2.05, 4.69) is 58.9 Å². The van der Waals surface area contributed by atoms with Crippen LogP contribution in [0.4, 0.5) is 0 Å². The number of ether oxygens (including phenoxy) is 1. The van der Waals surface area contributed by atoms with Gasteiger partial charge in [0, 0.05) is 11.8 Å². The standard InChI is InChI=1S/C19H23BrN4O2/c1-11(25)13-7-6-10-21-18(13)26-15-9-8-14-17(16(15)20)22-23-24(14)12(2)19(3,4)5/h6-12,25H,1-5H3/t11?,12-/m1/s1. The average molecular weight is 419 g/mol. The number of halogens is 1. The van der Waals surface area contributed by atoms with E-state index in [0.717, 1.165) is 11.0 Å². The van der Waals surface area contributed by atoms with Crippen molar-refractivity contribution in [2.24, 2.45) is 5.41 Å². The Labute approximate surface area is 161 Å². The van der Waals surface area contributed by atoms with Crippen LogP contribution in [0.2, 0.25) is 0 Å². The fraction of sp³-hybridized carbons (Fsp3) is 0.421. The molecule has 0 fully saturated rings. The number of aliphatic hydroxyl groups excluding tert-OH is 1. The summed E-state index contributed by atoms with van der Waals surface area (Å²) in [6, 6.07) is 7.56. The Kier molecular flexibility index (Phi) is 5.03. The van der Waals surface area contributed by atoms with E-state index >= 15 is 0 Å². The summed E-state index contributed by atoms with van der Waals surface area (Å²) in [6.45, 7) is 10.3. The molecule has 0 bridgehead atoms. The molecule has 7 heteroatoms. The number of hydrogen-bond acceptors (Lipinski definition) is 5. The zero-order valence-corrected chi connectivity index (χ0v) is 17.1. The van der Waals surface area contributed by atoms with Crippen LogP contribution < -0.4 is 4.74 Å². The second-order valence-corrected chi connectivity index (χ2v) is 8.29. The minimum atomic E-state index is -0.672. The van der Waals surface area contributed by atoms with Gasteiger partial charge in [0.2, 0.25) is 5.88 Å². The van der Waals surface area contributed by atoms with Gasteiger partial charge in [-0.25, -0.2) is 9.67 Å². The van der Waals surface area contributed by atoms with Crippen molar-refractivity contribution in [3.05, 3.63) is 40.5 Å². The molecule has 1 aromatic carbocycles. The zero-order chi connectivity index (χ0) is 19.1. The maximum Gasteiger partial charge on any atom is 0.225 e. The van der Waals surface area contributed by atoms with Gasteiger partial charge in [0.05, 0.1) is 22.1 Å². The largest absolute Gasteiger partial charge is 0.437 e. The highest BCUT2D eigenvalue weighted by Gasteiger charge is 2.25. The van der Waals surface area contributed by atoms with Crippen LogP contribution in [0.1, 0.15) is 52.3 Å². The van der Waals surface area contributed by atoms with Gasteiger partial charge in [-0.2, -0.15) is 0 Å². The zero-order valence-electron chi connectivity index (χ0n) is 15.6. The molecule has 1 unspecified atom stereocenters. The van der Waals surface area contributed by atoms with Crippen LogP contribution in [0.25, 0.3) is 11.0 Å². The van der Waals surface area contributed by atoms with Crippen molar-refractivity contribution in [3.63, 3.8) is 0 Å². The van der Waals surface area contributed by atoms with Crippen molar-refractivity contribution in [2.75, 3.05) is 0 Å². The van der Waals surface area contributed by atoms with Crippen molar-refractivity contribution < 1.29 is 9.84 Å². The maximum absolute atomic E-state index is 9.91. The summed E-state index contributed by atoms with van der Waals surface area (Å²) in [5, 5.41) is 18.6. The van der Waals surface area contributed by atoms with Crippen LogP contribution >= 0.6 is 15.9 Å². The molecular formula is C19H23BrN4O2. The van der Waals surface area contributed by atoms with Gasteiger partial charge >= 0.3 is 0 Å². The molecule has 1 N–H and O–H groups in total. The van der Waals surface area contributed by atoms with E-state index in [4.69, 9.17) is 4.74 Å². The van der Waals surface area contributed by atoms with Crippen molar-refractivity contribution >= 4 is 27.0 Å². The Morgan fingerprint density at radius 2 is 1.92 bits per heavy atom. The van der Waals surface area contributed by atoms with Crippen LogP contribution in [-0.2, 0) is 0 Å². The molecule has 3 rings (SSSR count). The molecule has 0 aliphatic heterocycles. The molecule has 0 saturated carbocycles. The molecule has 0 saturated heterocycles. The smallest absolute Gasteiger partial charge is 0.225 e. The van der Waals surface area contributed by atoms with Gasteiger partial charge in [-0.15, -0.1) is 5.10 Å². The molecule has 2 atom stereocenters. The topological polar surface area (TPSA) is 73.1 Å². The van der Waals surface area contributed by atoms with Gasteiger partial charge in [0.25, 0.3) is 0 Å². The highest BCUT2D eigenvalue weighted by Crippen LogP contribution is 2.38.